The Hall–Kier alpha value is -3.22. The standard InChI is InChI=1S/C18H20N2O9S/c21-16(22)9-19(10-17(23)24)7-8-20(11-18(25)26)14-5-6-15(30(27,28)29)13-4-2-1-3-12(13)14/h1-6H,7-11H2,(H,21,22)(H,23,24)(H,25,26)(H,27,28,29). The predicted molar refractivity (Wildman–Crippen MR) is 105 cm³/mol. The van der Waals surface area contributed by atoms with E-state index in [9.17, 15) is 32.5 Å². The van der Waals surface area contributed by atoms with Crippen LogP contribution in [0.5, 0.6) is 0 Å². The molecule has 0 spiro atoms. The summed E-state index contributed by atoms with van der Waals surface area (Å²) in [6.45, 7) is -1.70. The van der Waals surface area contributed by atoms with Gasteiger partial charge < -0.3 is 20.2 Å². The molecule has 2 rings (SSSR count). The molecule has 4 N–H and O–H groups in total. The van der Waals surface area contributed by atoms with E-state index in [1.807, 2.05) is 0 Å². The van der Waals surface area contributed by atoms with Crippen LogP contribution in [0.2, 0.25) is 0 Å². The van der Waals surface area contributed by atoms with Crippen molar-refractivity contribution in [1.29, 1.82) is 0 Å². The highest BCUT2D eigenvalue weighted by molar-refractivity contribution is 7.86. The van der Waals surface area contributed by atoms with E-state index in [2.05, 4.69) is 0 Å². The molecule has 11 nitrogen and oxygen atoms in total. The number of rotatable bonds is 11. The van der Waals surface area contributed by atoms with Crippen LogP contribution >= 0.6 is 0 Å². The molecule has 0 aliphatic carbocycles. The summed E-state index contributed by atoms with van der Waals surface area (Å²) in [5.74, 6) is -3.66. The fraction of sp³-hybridized carbons (Fsp3) is 0.278. The third-order valence-electron chi connectivity index (χ3n) is 4.21. The molecule has 0 bridgehead atoms. The number of aliphatic carboxylic acids is 3. The lowest BCUT2D eigenvalue weighted by Crippen LogP contribution is -2.42. The minimum Gasteiger partial charge on any atom is -0.480 e. The maximum Gasteiger partial charge on any atom is 0.323 e. The van der Waals surface area contributed by atoms with Gasteiger partial charge in [-0.25, -0.2) is 0 Å². The highest BCUT2D eigenvalue weighted by atomic mass is 32.2. The van der Waals surface area contributed by atoms with Crippen LogP contribution in [-0.4, -0.2) is 83.8 Å². The first-order valence-electron chi connectivity index (χ1n) is 8.61. The lowest BCUT2D eigenvalue weighted by Gasteiger charge is -2.28. The van der Waals surface area contributed by atoms with E-state index in [0.29, 0.717) is 11.1 Å². The molecule has 2 aromatic carbocycles. The minimum absolute atomic E-state index is 0.0396. The Morgan fingerprint density at radius 2 is 1.30 bits per heavy atom. The van der Waals surface area contributed by atoms with Crippen molar-refractivity contribution in [2.75, 3.05) is 37.6 Å². The number of carboxylic acids is 3. The van der Waals surface area contributed by atoms with E-state index in [4.69, 9.17) is 10.2 Å². The largest absolute Gasteiger partial charge is 0.480 e. The van der Waals surface area contributed by atoms with Crippen molar-refractivity contribution in [2.24, 2.45) is 0 Å². The zero-order valence-electron chi connectivity index (χ0n) is 15.6. The lowest BCUT2D eigenvalue weighted by molar-refractivity contribution is -0.142. The smallest absolute Gasteiger partial charge is 0.323 e. The first kappa shape index (κ1) is 23.1. The molecule has 0 saturated heterocycles. The van der Waals surface area contributed by atoms with Crippen LogP contribution in [-0.2, 0) is 24.5 Å². The molecule has 30 heavy (non-hydrogen) atoms. The number of hydrogen-bond donors (Lipinski definition) is 4. The topological polar surface area (TPSA) is 173 Å². The molecule has 0 aliphatic heterocycles. The number of nitrogens with zero attached hydrogens (tertiary/aromatic N) is 2. The average Bonchev–Trinajstić information content (AvgIpc) is 2.62. The third-order valence-corrected chi connectivity index (χ3v) is 5.12. The van der Waals surface area contributed by atoms with Gasteiger partial charge in [0, 0.05) is 29.5 Å². The van der Waals surface area contributed by atoms with E-state index in [1.165, 1.54) is 17.0 Å². The van der Waals surface area contributed by atoms with Gasteiger partial charge in [-0.1, -0.05) is 24.3 Å². The van der Waals surface area contributed by atoms with Gasteiger partial charge in [-0.15, -0.1) is 0 Å². The van der Waals surface area contributed by atoms with Crippen LogP contribution < -0.4 is 4.90 Å². The van der Waals surface area contributed by atoms with Crippen molar-refractivity contribution < 1.29 is 42.7 Å². The van der Waals surface area contributed by atoms with Crippen molar-refractivity contribution in [2.45, 2.75) is 4.90 Å². The Labute approximate surface area is 171 Å². The van der Waals surface area contributed by atoms with Crippen molar-refractivity contribution in [3.05, 3.63) is 36.4 Å². The Morgan fingerprint density at radius 3 is 1.80 bits per heavy atom. The van der Waals surface area contributed by atoms with Crippen LogP contribution in [0, 0.1) is 0 Å². The lowest BCUT2D eigenvalue weighted by atomic mass is 10.1. The summed E-state index contributed by atoms with van der Waals surface area (Å²) < 4.78 is 32.8. The minimum atomic E-state index is -4.52. The summed E-state index contributed by atoms with van der Waals surface area (Å²) in [5.41, 5.74) is 0.339. The summed E-state index contributed by atoms with van der Waals surface area (Å²) in [6, 6.07) is 8.67. The van der Waals surface area contributed by atoms with Gasteiger partial charge in [-0.05, 0) is 12.1 Å². The van der Waals surface area contributed by atoms with E-state index < -0.39 is 47.7 Å². The summed E-state index contributed by atoms with van der Waals surface area (Å²) in [6.07, 6.45) is 0. The Balaban J connectivity index is 2.44. The molecule has 0 atom stereocenters. The Morgan fingerprint density at radius 1 is 0.767 bits per heavy atom. The Bertz CT molecular complexity index is 1050. The van der Waals surface area contributed by atoms with Gasteiger partial charge in [0.15, 0.2) is 0 Å². The van der Waals surface area contributed by atoms with Crippen molar-refractivity contribution in [3.63, 3.8) is 0 Å². The normalized spacial score (nSPS) is 11.5. The first-order valence-corrected chi connectivity index (χ1v) is 10.0. The van der Waals surface area contributed by atoms with Gasteiger partial charge in [0.05, 0.1) is 13.1 Å². The van der Waals surface area contributed by atoms with E-state index in [-0.39, 0.29) is 23.4 Å². The average molecular weight is 440 g/mol. The fourth-order valence-electron chi connectivity index (χ4n) is 3.06. The number of anilines is 1. The van der Waals surface area contributed by atoms with E-state index in [1.54, 1.807) is 18.2 Å². The summed E-state index contributed by atoms with van der Waals surface area (Å²) >= 11 is 0. The van der Waals surface area contributed by atoms with Gasteiger partial charge in [0.1, 0.15) is 11.4 Å². The molecule has 0 aliphatic rings. The summed E-state index contributed by atoms with van der Waals surface area (Å²) in [4.78, 5) is 35.5. The van der Waals surface area contributed by atoms with Crippen LogP contribution in [0.25, 0.3) is 10.8 Å². The summed E-state index contributed by atoms with van der Waals surface area (Å²) in [7, 11) is -4.52. The van der Waals surface area contributed by atoms with Crippen molar-refractivity contribution >= 4 is 44.5 Å². The van der Waals surface area contributed by atoms with Crippen molar-refractivity contribution in [1.82, 2.24) is 4.90 Å². The quantitative estimate of drug-likeness (QED) is 0.357. The molecule has 0 unspecified atom stereocenters. The monoisotopic (exact) mass is 440 g/mol. The van der Waals surface area contributed by atoms with Gasteiger partial charge in [0.25, 0.3) is 10.1 Å². The molecule has 2 aromatic rings. The third kappa shape index (κ3) is 6.14. The molecule has 0 radical (unpaired) electrons. The SMILES string of the molecule is O=C(O)CN(CCN(CC(=O)O)c1ccc(S(=O)(=O)O)c2ccccc12)CC(=O)O. The predicted octanol–water partition coefficient (Wildman–Crippen LogP) is 0.449. The second-order valence-corrected chi connectivity index (χ2v) is 7.81. The van der Waals surface area contributed by atoms with E-state index >= 15 is 0 Å². The number of hydrogen-bond acceptors (Lipinski definition) is 7. The maximum atomic E-state index is 11.7. The Kier molecular flexibility index (Phi) is 7.32. The molecule has 0 fully saturated rings. The second-order valence-electron chi connectivity index (χ2n) is 6.42. The summed E-state index contributed by atoms with van der Waals surface area (Å²) in [5, 5.41) is 27.7. The maximum absolute atomic E-state index is 11.7. The van der Waals surface area contributed by atoms with Crippen LogP contribution in [0.1, 0.15) is 0 Å². The zero-order valence-corrected chi connectivity index (χ0v) is 16.4. The molecule has 0 aromatic heterocycles. The molecule has 0 amide bonds. The molecule has 162 valence electrons. The zero-order chi connectivity index (χ0) is 22.5. The first-order chi connectivity index (χ1) is 14.0. The van der Waals surface area contributed by atoms with Crippen LogP contribution in [0.4, 0.5) is 5.69 Å². The van der Waals surface area contributed by atoms with E-state index in [0.717, 1.165) is 11.0 Å². The molecule has 12 heteroatoms. The fourth-order valence-corrected chi connectivity index (χ4v) is 3.76. The molecule has 0 heterocycles. The van der Waals surface area contributed by atoms with Gasteiger partial charge in [0.2, 0.25) is 0 Å². The van der Waals surface area contributed by atoms with Crippen LogP contribution in [0.3, 0.4) is 0 Å². The van der Waals surface area contributed by atoms with Crippen LogP contribution in [0.15, 0.2) is 41.3 Å². The number of fused-ring (bicyclic) bond motifs is 1. The number of carbonyl (C=O) groups is 3. The number of carboxylic acid groups (broad SMARTS) is 3. The highest BCUT2D eigenvalue weighted by Gasteiger charge is 2.21. The molecular formula is C18H20N2O9S. The van der Waals surface area contributed by atoms with Gasteiger partial charge in [-0.3, -0.25) is 23.8 Å². The van der Waals surface area contributed by atoms with Crippen molar-refractivity contribution in [3.8, 4) is 0 Å². The number of benzene rings is 2. The van der Waals surface area contributed by atoms with Gasteiger partial charge in [-0.2, -0.15) is 8.42 Å². The second kappa shape index (κ2) is 9.52. The van der Waals surface area contributed by atoms with Gasteiger partial charge >= 0.3 is 17.9 Å². The molecule has 0 saturated carbocycles. The molecular weight excluding hydrogens is 420 g/mol. The highest BCUT2D eigenvalue weighted by Crippen LogP contribution is 2.31.